The zero-order chi connectivity index (χ0) is 6.72. The zero-order valence-corrected chi connectivity index (χ0v) is 5.27. The van der Waals surface area contributed by atoms with Gasteiger partial charge in [-0.25, -0.2) is 0 Å². The average molecular weight is 144 g/mol. The molecule has 0 radical (unpaired) electrons. The first kappa shape index (κ1) is 5.49. The Morgan fingerprint density at radius 3 is 2.80 bits per heavy atom. The van der Waals surface area contributed by atoms with Gasteiger partial charge in [0.25, 0.3) is 0 Å². The van der Waals surface area contributed by atoms with Gasteiger partial charge in [-0.15, -0.1) is 0 Å². The third-order valence-electron chi connectivity index (χ3n) is 2.36. The van der Waals surface area contributed by atoms with Crippen molar-refractivity contribution in [2.75, 3.05) is 6.61 Å². The van der Waals surface area contributed by atoms with Crippen LogP contribution in [-0.2, 0) is 14.2 Å². The van der Waals surface area contributed by atoms with E-state index in [2.05, 4.69) is 0 Å². The topological polar surface area (TPSA) is 47.9 Å². The van der Waals surface area contributed by atoms with E-state index in [9.17, 15) is 5.11 Å². The fourth-order valence-corrected chi connectivity index (χ4v) is 1.86. The van der Waals surface area contributed by atoms with E-state index in [1.807, 2.05) is 0 Å². The minimum Gasteiger partial charge on any atom is -0.385 e. The molecular weight excluding hydrogens is 136 g/mol. The molecule has 3 rings (SSSR count). The van der Waals surface area contributed by atoms with Crippen molar-refractivity contribution in [3.05, 3.63) is 0 Å². The number of hydrogen-bond acceptors (Lipinski definition) is 4. The van der Waals surface area contributed by atoms with Crippen molar-refractivity contribution in [3.8, 4) is 0 Å². The van der Waals surface area contributed by atoms with Gasteiger partial charge in [0, 0.05) is 0 Å². The molecule has 1 N–H and O–H groups in total. The minimum atomic E-state index is -0.566. The van der Waals surface area contributed by atoms with Crippen molar-refractivity contribution in [1.82, 2.24) is 0 Å². The van der Waals surface area contributed by atoms with Crippen LogP contribution in [0.4, 0.5) is 0 Å². The molecule has 4 nitrogen and oxygen atoms in total. The monoisotopic (exact) mass is 144 g/mol. The van der Waals surface area contributed by atoms with Crippen LogP contribution in [0.1, 0.15) is 0 Å². The van der Waals surface area contributed by atoms with E-state index in [0.717, 1.165) is 0 Å². The Kier molecular flexibility index (Phi) is 0.840. The standard InChI is InChI=1S/C6H8O4/c7-3-5-4-2(1-8-5)9-6(3)10-4/h2-7H,1H2/t2-,3-,4-,5-,6-/m1/s1. The summed E-state index contributed by atoms with van der Waals surface area (Å²) in [6.07, 6.45) is -1.02. The first-order valence-corrected chi connectivity index (χ1v) is 3.47. The molecule has 3 fully saturated rings. The average Bonchev–Trinajstić information content (AvgIpc) is 2.43. The summed E-state index contributed by atoms with van der Waals surface area (Å²) in [5, 5.41) is 9.33. The molecule has 10 heavy (non-hydrogen) atoms. The second kappa shape index (κ2) is 1.53. The van der Waals surface area contributed by atoms with Gasteiger partial charge in [-0.2, -0.15) is 0 Å². The Morgan fingerprint density at radius 1 is 1.20 bits per heavy atom. The van der Waals surface area contributed by atoms with Gasteiger partial charge in [-0.05, 0) is 0 Å². The quantitative estimate of drug-likeness (QED) is 0.467. The summed E-state index contributed by atoms with van der Waals surface area (Å²) in [5.74, 6) is 0. The highest BCUT2D eigenvalue weighted by molar-refractivity contribution is 5.02. The molecule has 3 aliphatic rings. The van der Waals surface area contributed by atoms with E-state index in [1.165, 1.54) is 0 Å². The van der Waals surface area contributed by atoms with Crippen molar-refractivity contribution < 1.29 is 19.3 Å². The van der Waals surface area contributed by atoms with E-state index in [-0.39, 0.29) is 18.3 Å². The molecule has 0 amide bonds. The number of hydrogen-bond donors (Lipinski definition) is 1. The van der Waals surface area contributed by atoms with Crippen LogP contribution in [0, 0.1) is 0 Å². The van der Waals surface area contributed by atoms with Crippen LogP contribution in [-0.4, -0.2) is 42.4 Å². The molecule has 3 saturated heterocycles. The number of aliphatic hydroxyl groups excluding tert-OH is 1. The maximum absolute atomic E-state index is 9.33. The van der Waals surface area contributed by atoms with Gasteiger partial charge in [-0.1, -0.05) is 0 Å². The fraction of sp³-hybridized carbons (Fsp3) is 1.00. The van der Waals surface area contributed by atoms with Gasteiger partial charge in [0.05, 0.1) is 6.61 Å². The second-order valence-electron chi connectivity index (χ2n) is 2.93. The molecule has 0 saturated carbocycles. The van der Waals surface area contributed by atoms with Crippen LogP contribution in [0.25, 0.3) is 0 Å². The molecule has 5 atom stereocenters. The predicted octanol–water partition coefficient (Wildman–Crippen LogP) is -1.13. The number of ether oxygens (including phenoxy) is 3. The number of rotatable bonds is 0. The maximum atomic E-state index is 9.33. The molecule has 0 unspecified atom stereocenters. The molecule has 3 heterocycles. The van der Waals surface area contributed by atoms with Gasteiger partial charge in [0.1, 0.15) is 24.4 Å². The molecule has 0 aromatic rings. The van der Waals surface area contributed by atoms with Crippen molar-refractivity contribution in [1.29, 1.82) is 0 Å². The van der Waals surface area contributed by atoms with E-state index >= 15 is 0 Å². The Morgan fingerprint density at radius 2 is 2.10 bits per heavy atom. The number of aliphatic hydroxyl groups is 1. The largest absolute Gasteiger partial charge is 0.385 e. The van der Waals surface area contributed by atoms with E-state index in [4.69, 9.17) is 14.2 Å². The summed E-state index contributed by atoms with van der Waals surface area (Å²) in [6, 6.07) is 0. The van der Waals surface area contributed by atoms with Gasteiger partial charge >= 0.3 is 0 Å². The molecule has 56 valence electrons. The predicted molar refractivity (Wildman–Crippen MR) is 29.3 cm³/mol. The zero-order valence-electron chi connectivity index (χ0n) is 5.27. The van der Waals surface area contributed by atoms with Crippen LogP contribution in [0.3, 0.4) is 0 Å². The van der Waals surface area contributed by atoms with Crippen LogP contribution in [0.2, 0.25) is 0 Å². The summed E-state index contributed by atoms with van der Waals surface area (Å²) in [6.45, 7) is 0.572. The van der Waals surface area contributed by atoms with Crippen molar-refractivity contribution in [2.24, 2.45) is 0 Å². The summed E-state index contributed by atoms with van der Waals surface area (Å²) >= 11 is 0. The molecule has 0 aromatic carbocycles. The SMILES string of the molecule is O[C@H]1[C@H]2O[C@H]3[C@@H]1OC[C@H]3O2. The third-order valence-corrected chi connectivity index (χ3v) is 2.36. The lowest BCUT2D eigenvalue weighted by Crippen LogP contribution is -2.39. The van der Waals surface area contributed by atoms with E-state index < -0.39 is 12.4 Å². The van der Waals surface area contributed by atoms with Crippen LogP contribution in [0.5, 0.6) is 0 Å². The minimum absolute atomic E-state index is 0.000000000000000222. The molecule has 0 spiro atoms. The Labute approximate surface area is 57.7 Å². The van der Waals surface area contributed by atoms with Crippen LogP contribution in [0.15, 0.2) is 0 Å². The number of fused-ring (bicyclic) bond motifs is 1. The van der Waals surface area contributed by atoms with Crippen molar-refractivity contribution in [2.45, 2.75) is 30.7 Å². The first-order valence-electron chi connectivity index (χ1n) is 3.47. The first-order chi connectivity index (χ1) is 4.86. The summed E-state index contributed by atoms with van der Waals surface area (Å²) in [4.78, 5) is 0. The van der Waals surface area contributed by atoms with E-state index in [1.54, 1.807) is 0 Å². The molecule has 3 aliphatic heterocycles. The Hall–Kier alpha value is -0.160. The van der Waals surface area contributed by atoms with Gasteiger partial charge in [-0.3, -0.25) is 0 Å². The summed E-state index contributed by atoms with van der Waals surface area (Å²) in [5.41, 5.74) is 0. The van der Waals surface area contributed by atoms with Crippen molar-refractivity contribution in [3.63, 3.8) is 0 Å². The molecule has 2 bridgehead atoms. The summed E-state index contributed by atoms with van der Waals surface area (Å²) in [7, 11) is 0. The Bertz CT molecular complexity index is 169. The normalized spacial score (nSPS) is 63.9. The highest BCUT2D eigenvalue weighted by Gasteiger charge is 2.59. The molecule has 0 aromatic heterocycles. The van der Waals surface area contributed by atoms with E-state index in [0.29, 0.717) is 6.61 Å². The lowest BCUT2D eigenvalue weighted by Gasteiger charge is -2.17. The molecular formula is C6H8O4. The molecule has 0 aliphatic carbocycles. The third kappa shape index (κ3) is 0.441. The fourth-order valence-electron chi connectivity index (χ4n) is 1.86. The Balaban J connectivity index is 2.00. The summed E-state index contributed by atoms with van der Waals surface area (Å²) < 4.78 is 15.8. The lowest BCUT2D eigenvalue weighted by molar-refractivity contribution is -0.104. The van der Waals surface area contributed by atoms with Gasteiger partial charge < -0.3 is 19.3 Å². The van der Waals surface area contributed by atoms with Gasteiger partial charge in [0.15, 0.2) is 6.29 Å². The van der Waals surface area contributed by atoms with Gasteiger partial charge in [0.2, 0.25) is 0 Å². The second-order valence-corrected chi connectivity index (χ2v) is 2.93. The highest BCUT2D eigenvalue weighted by atomic mass is 16.8. The van der Waals surface area contributed by atoms with Crippen molar-refractivity contribution >= 4 is 0 Å². The van der Waals surface area contributed by atoms with Crippen LogP contribution < -0.4 is 0 Å². The van der Waals surface area contributed by atoms with Crippen LogP contribution >= 0.6 is 0 Å². The smallest absolute Gasteiger partial charge is 0.187 e. The lowest BCUT2D eigenvalue weighted by atomic mass is 10.1. The maximum Gasteiger partial charge on any atom is 0.187 e. The molecule has 4 heteroatoms. The highest BCUT2D eigenvalue weighted by Crippen LogP contribution is 2.40.